The maximum atomic E-state index is 3.99. The molecular formula is C18H36N2. The van der Waals surface area contributed by atoms with Crippen LogP contribution in [-0.2, 0) is 0 Å². The zero-order valence-corrected chi connectivity index (χ0v) is 14.0. The Morgan fingerprint density at radius 2 is 1.65 bits per heavy atom. The van der Waals surface area contributed by atoms with E-state index in [4.69, 9.17) is 0 Å². The van der Waals surface area contributed by atoms with Crippen molar-refractivity contribution in [2.24, 2.45) is 5.92 Å². The summed E-state index contributed by atoms with van der Waals surface area (Å²) in [5.41, 5.74) is 0. The fourth-order valence-corrected chi connectivity index (χ4v) is 4.16. The van der Waals surface area contributed by atoms with E-state index in [-0.39, 0.29) is 0 Å². The molecule has 1 aliphatic carbocycles. The molecule has 1 saturated heterocycles. The topological polar surface area (TPSA) is 15.3 Å². The molecule has 118 valence electrons. The summed E-state index contributed by atoms with van der Waals surface area (Å²) in [5.74, 6) is 1.03. The maximum Gasteiger partial charge on any atom is 0.00823 e. The highest BCUT2D eigenvalue weighted by atomic mass is 15.1. The molecule has 2 heteroatoms. The molecule has 2 nitrogen and oxygen atoms in total. The quantitative estimate of drug-likeness (QED) is 0.812. The van der Waals surface area contributed by atoms with Crippen molar-refractivity contribution in [3.8, 4) is 0 Å². The molecular weight excluding hydrogens is 244 g/mol. The summed E-state index contributed by atoms with van der Waals surface area (Å²) < 4.78 is 0. The molecule has 0 spiro atoms. The van der Waals surface area contributed by atoms with Crippen molar-refractivity contribution in [3.05, 3.63) is 0 Å². The second-order valence-electron chi connectivity index (χ2n) is 7.43. The standard InChI is InChI=1S/C18H36N2/c1-4-6-16-8-10-18(11-9-16)19-17-7-5-13-20(14-12-17)15(2)3/h15-19H,4-14H2,1-3H3. The van der Waals surface area contributed by atoms with E-state index in [0.29, 0.717) is 0 Å². The lowest BCUT2D eigenvalue weighted by atomic mass is 9.83. The van der Waals surface area contributed by atoms with E-state index in [1.165, 1.54) is 70.9 Å². The zero-order chi connectivity index (χ0) is 14.4. The predicted octanol–water partition coefficient (Wildman–Crippen LogP) is 4.20. The number of rotatable bonds is 5. The van der Waals surface area contributed by atoms with Crippen LogP contribution in [0.5, 0.6) is 0 Å². The molecule has 2 aliphatic rings. The van der Waals surface area contributed by atoms with Gasteiger partial charge in [-0.05, 0) is 77.8 Å². The van der Waals surface area contributed by atoms with Gasteiger partial charge in [-0.2, -0.15) is 0 Å². The van der Waals surface area contributed by atoms with Crippen molar-refractivity contribution in [1.82, 2.24) is 10.2 Å². The first-order chi connectivity index (χ1) is 9.69. The second-order valence-corrected chi connectivity index (χ2v) is 7.43. The summed E-state index contributed by atoms with van der Waals surface area (Å²) in [6, 6.07) is 2.32. The van der Waals surface area contributed by atoms with Gasteiger partial charge in [0, 0.05) is 18.1 Å². The van der Waals surface area contributed by atoms with Crippen LogP contribution >= 0.6 is 0 Å². The summed E-state index contributed by atoms with van der Waals surface area (Å²) in [4.78, 5) is 2.65. The number of hydrogen-bond donors (Lipinski definition) is 1. The second kappa shape index (κ2) is 8.38. The summed E-state index contributed by atoms with van der Waals surface area (Å²) in [6.45, 7) is 9.60. The predicted molar refractivity (Wildman–Crippen MR) is 88.1 cm³/mol. The van der Waals surface area contributed by atoms with Crippen molar-refractivity contribution in [2.75, 3.05) is 13.1 Å². The number of nitrogens with one attached hydrogen (secondary N) is 1. The van der Waals surface area contributed by atoms with E-state index >= 15 is 0 Å². The molecule has 1 unspecified atom stereocenters. The minimum Gasteiger partial charge on any atom is -0.311 e. The van der Waals surface area contributed by atoms with Crippen LogP contribution in [0.3, 0.4) is 0 Å². The highest BCUT2D eigenvalue weighted by molar-refractivity contribution is 4.83. The Morgan fingerprint density at radius 3 is 2.30 bits per heavy atom. The van der Waals surface area contributed by atoms with Gasteiger partial charge in [-0.15, -0.1) is 0 Å². The molecule has 2 rings (SSSR count). The first-order valence-corrected chi connectivity index (χ1v) is 9.19. The Kier molecular flexibility index (Phi) is 6.83. The van der Waals surface area contributed by atoms with Crippen molar-refractivity contribution < 1.29 is 0 Å². The molecule has 0 amide bonds. The van der Waals surface area contributed by atoms with Crippen molar-refractivity contribution in [1.29, 1.82) is 0 Å². The lowest BCUT2D eigenvalue weighted by molar-refractivity contribution is 0.224. The summed E-state index contributed by atoms with van der Waals surface area (Å²) in [5, 5.41) is 3.99. The third-order valence-corrected chi connectivity index (χ3v) is 5.51. The smallest absolute Gasteiger partial charge is 0.00823 e. The summed E-state index contributed by atoms with van der Waals surface area (Å²) in [7, 11) is 0. The van der Waals surface area contributed by atoms with Gasteiger partial charge < -0.3 is 10.2 Å². The van der Waals surface area contributed by atoms with Crippen LogP contribution in [0.15, 0.2) is 0 Å². The number of hydrogen-bond acceptors (Lipinski definition) is 2. The molecule has 1 atom stereocenters. The fourth-order valence-electron chi connectivity index (χ4n) is 4.16. The van der Waals surface area contributed by atoms with E-state index in [1.54, 1.807) is 0 Å². The van der Waals surface area contributed by atoms with Crippen LogP contribution in [-0.4, -0.2) is 36.1 Å². The Bertz CT molecular complexity index is 256. The van der Waals surface area contributed by atoms with E-state index in [0.717, 1.165) is 24.0 Å². The third kappa shape index (κ3) is 5.04. The van der Waals surface area contributed by atoms with E-state index in [9.17, 15) is 0 Å². The fraction of sp³-hybridized carbons (Fsp3) is 1.00. The normalized spacial score (nSPS) is 33.3. The molecule has 1 N–H and O–H groups in total. The summed E-state index contributed by atoms with van der Waals surface area (Å²) in [6.07, 6.45) is 12.7. The van der Waals surface area contributed by atoms with Crippen LogP contribution in [0.4, 0.5) is 0 Å². The van der Waals surface area contributed by atoms with Crippen LogP contribution in [0.25, 0.3) is 0 Å². The van der Waals surface area contributed by atoms with Crippen molar-refractivity contribution in [3.63, 3.8) is 0 Å². The third-order valence-electron chi connectivity index (χ3n) is 5.51. The van der Waals surface area contributed by atoms with Gasteiger partial charge in [-0.1, -0.05) is 19.8 Å². The van der Waals surface area contributed by atoms with Gasteiger partial charge in [0.25, 0.3) is 0 Å². The zero-order valence-electron chi connectivity index (χ0n) is 14.0. The molecule has 0 aromatic rings. The van der Waals surface area contributed by atoms with Gasteiger partial charge >= 0.3 is 0 Å². The molecule has 0 aromatic heterocycles. The van der Waals surface area contributed by atoms with Crippen molar-refractivity contribution >= 4 is 0 Å². The first-order valence-electron chi connectivity index (χ1n) is 9.19. The molecule has 0 radical (unpaired) electrons. The van der Waals surface area contributed by atoms with Crippen LogP contribution in [0, 0.1) is 5.92 Å². The maximum absolute atomic E-state index is 3.99. The van der Waals surface area contributed by atoms with E-state index in [1.807, 2.05) is 0 Å². The van der Waals surface area contributed by atoms with Gasteiger partial charge in [-0.3, -0.25) is 0 Å². The first kappa shape index (κ1) is 16.3. The Morgan fingerprint density at radius 1 is 0.950 bits per heavy atom. The lowest BCUT2D eigenvalue weighted by Gasteiger charge is -2.32. The Hall–Kier alpha value is -0.0800. The largest absolute Gasteiger partial charge is 0.311 e. The molecule has 20 heavy (non-hydrogen) atoms. The van der Waals surface area contributed by atoms with Crippen LogP contribution in [0.2, 0.25) is 0 Å². The number of nitrogens with zero attached hydrogens (tertiary/aromatic N) is 1. The Labute approximate surface area is 126 Å². The Balaban J connectivity index is 1.69. The van der Waals surface area contributed by atoms with Gasteiger partial charge in [-0.25, -0.2) is 0 Å². The van der Waals surface area contributed by atoms with Gasteiger partial charge in [0.1, 0.15) is 0 Å². The highest BCUT2D eigenvalue weighted by Gasteiger charge is 2.24. The molecule has 1 heterocycles. The highest BCUT2D eigenvalue weighted by Crippen LogP contribution is 2.28. The molecule has 0 bridgehead atoms. The lowest BCUT2D eigenvalue weighted by Crippen LogP contribution is -2.41. The minimum absolute atomic E-state index is 0.721. The van der Waals surface area contributed by atoms with Gasteiger partial charge in [0.2, 0.25) is 0 Å². The average Bonchev–Trinajstić information content (AvgIpc) is 2.67. The molecule has 0 aromatic carbocycles. The average molecular weight is 280 g/mol. The monoisotopic (exact) mass is 280 g/mol. The van der Waals surface area contributed by atoms with Gasteiger partial charge in [0.15, 0.2) is 0 Å². The SMILES string of the molecule is CCCC1CCC(NC2CCCN(C(C)C)CC2)CC1. The van der Waals surface area contributed by atoms with Gasteiger partial charge in [0.05, 0.1) is 0 Å². The van der Waals surface area contributed by atoms with E-state index in [2.05, 4.69) is 31.0 Å². The molecule has 1 saturated carbocycles. The van der Waals surface area contributed by atoms with Crippen molar-refractivity contribution in [2.45, 2.75) is 96.7 Å². The minimum atomic E-state index is 0.721. The van der Waals surface area contributed by atoms with Crippen LogP contribution in [0.1, 0.15) is 78.6 Å². The molecule has 2 fully saturated rings. The summed E-state index contributed by atoms with van der Waals surface area (Å²) >= 11 is 0. The van der Waals surface area contributed by atoms with E-state index < -0.39 is 0 Å². The van der Waals surface area contributed by atoms with Crippen LogP contribution < -0.4 is 5.32 Å². The number of likely N-dealkylation sites (tertiary alicyclic amines) is 1. The molecule has 1 aliphatic heterocycles.